The quantitative estimate of drug-likeness (QED) is 0.638. The minimum atomic E-state index is -3.71. The van der Waals surface area contributed by atoms with Gasteiger partial charge in [-0.25, -0.2) is 13.2 Å². The lowest BCUT2D eigenvalue weighted by Gasteiger charge is -2.20. The molecule has 1 heterocycles. The van der Waals surface area contributed by atoms with E-state index in [1.54, 1.807) is 0 Å². The van der Waals surface area contributed by atoms with E-state index in [1.165, 1.54) is 46.8 Å². The number of amides is 1. The van der Waals surface area contributed by atoms with Crippen molar-refractivity contribution in [1.29, 1.82) is 5.26 Å². The molecule has 0 aromatic heterocycles. The molecule has 2 aromatic rings. The molecule has 1 aliphatic heterocycles. The van der Waals surface area contributed by atoms with E-state index in [0.29, 0.717) is 18.8 Å². The van der Waals surface area contributed by atoms with Crippen LogP contribution in [0.5, 0.6) is 0 Å². The van der Waals surface area contributed by atoms with Gasteiger partial charge in [0.1, 0.15) is 6.07 Å². The van der Waals surface area contributed by atoms with E-state index in [9.17, 15) is 18.0 Å². The van der Waals surface area contributed by atoms with Gasteiger partial charge in [-0.05, 0) is 49.2 Å². The lowest BCUT2D eigenvalue weighted by atomic mass is 10.2. The van der Waals surface area contributed by atoms with E-state index < -0.39 is 28.5 Å². The van der Waals surface area contributed by atoms with Gasteiger partial charge in [0, 0.05) is 18.8 Å². The van der Waals surface area contributed by atoms with Crippen LogP contribution in [0.2, 0.25) is 5.02 Å². The number of nitriles is 1. The molecule has 0 unspecified atom stereocenters. The number of sulfonamides is 1. The molecular formula is C22H22ClN3O5S. The number of esters is 1. The van der Waals surface area contributed by atoms with Crippen LogP contribution in [0.1, 0.15) is 41.6 Å². The maximum atomic E-state index is 12.9. The summed E-state index contributed by atoms with van der Waals surface area (Å²) in [6.45, 7) is 0.340. The van der Waals surface area contributed by atoms with Crippen LogP contribution in [0.4, 0.5) is 5.69 Å². The predicted molar refractivity (Wildman–Crippen MR) is 119 cm³/mol. The number of hydrogen-bond acceptors (Lipinski definition) is 6. The number of ether oxygens (including phenoxy) is 1. The highest BCUT2D eigenvalue weighted by atomic mass is 35.5. The van der Waals surface area contributed by atoms with E-state index in [2.05, 4.69) is 5.32 Å². The molecule has 32 heavy (non-hydrogen) atoms. The molecule has 1 saturated heterocycles. The van der Waals surface area contributed by atoms with Gasteiger partial charge in [-0.2, -0.15) is 9.57 Å². The van der Waals surface area contributed by atoms with E-state index >= 15 is 0 Å². The Morgan fingerprint density at radius 2 is 1.81 bits per heavy atom. The SMILES string of the molecule is N#Cc1ccc(NC(=O)COC(=O)c2cccc(S(=O)(=O)N3CCCCCC3)c2)cc1Cl. The molecule has 1 fully saturated rings. The van der Waals surface area contributed by atoms with Crippen LogP contribution in [0.15, 0.2) is 47.4 Å². The molecule has 1 N–H and O–H groups in total. The zero-order chi connectivity index (χ0) is 23.1. The van der Waals surface area contributed by atoms with Gasteiger partial charge in [0.05, 0.1) is 21.0 Å². The Morgan fingerprint density at radius 3 is 2.47 bits per heavy atom. The molecule has 168 valence electrons. The summed E-state index contributed by atoms with van der Waals surface area (Å²) < 4.78 is 32.3. The summed E-state index contributed by atoms with van der Waals surface area (Å²) in [5, 5.41) is 11.6. The topological polar surface area (TPSA) is 117 Å². The Kier molecular flexibility index (Phi) is 7.85. The van der Waals surface area contributed by atoms with Crippen molar-refractivity contribution in [3.05, 3.63) is 58.6 Å². The van der Waals surface area contributed by atoms with E-state index in [4.69, 9.17) is 21.6 Å². The number of nitrogens with zero attached hydrogens (tertiary/aromatic N) is 2. The third kappa shape index (κ3) is 5.85. The molecule has 0 spiro atoms. The Bertz CT molecular complexity index is 1150. The van der Waals surface area contributed by atoms with Gasteiger partial charge in [-0.3, -0.25) is 4.79 Å². The third-order valence-electron chi connectivity index (χ3n) is 4.98. The highest BCUT2D eigenvalue weighted by Crippen LogP contribution is 2.22. The summed E-state index contributed by atoms with van der Waals surface area (Å²) in [7, 11) is -3.71. The number of rotatable bonds is 6. The summed E-state index contributed by atoms with van der Waals surface area (Å²) in [6, 6.07) is 11.9. The van der Waals surface area contributed by atoms with Crippen LogP contribution < -0.4 is 5.32 Å². The molecule has 0 saturated carbocycles. The molecule has 0 bridgehead atoms. The average molecular weight is 476 g/mol. The molecule has 0 atom stereocenters. The summed E-state index contributed by atoms with van der Waals surface area (Å²) >= 11 is 5.93. The van der Waals surface area contributed by atoms with E-state index in [0.717, 1.165) is 25.7 Å². The largest absolute Gasteiger partial charge is 0.452 e. The van der Waals surface area contributed by atoms with Gasteiger partial charge in [0.25, 0.3) is 5.91 Å². The number of carbonyl (C=O) groups is 2. The standard InChI is InChI=1S/C22H22ClN3O5S/c23-20-13-18(9-8-17(20)14-24)25-21(27)15-31-22(28)16-6-5-7-19(12-16)32(29,30)26-10-3-1-2-4-11-26/h5-9,12-13H,1-4,10-11,15H2,(H,25,27). The van der Waals surface area contributed by atoms with Gasteiger partial charge in [0.2, 0.25) is 10.0 Å². The fraction of sp³-hybridized carbons (Fsp3) is 0.318. The van der Waals surface area contributed by atoms with Crippen molar-refractivity contribution in [2.75, 3.05) is 25.0 Å². The van der Waals surface area contributed by atoms with Gasteiger partial charge < -0.3 is 10.1 Å². The Balaban J connectivity index is 1.62. The Hall–Kier alpha value is -2.93. The first-order valence-corrected chi connectivity index (χ1v) is 11.9. The predicted octanol–water partition coefficient (Wildman–Crippen LogP) is 3.57. The molecule has 0 radical (unpaired) electrons. The number of halogens is 1. The minimum absolute atomic E-state index is 0.0190. The molecule has 8 nitrogen and oxygen atoms in total. The number of nitrogens with one attached hydrogen (secondary N) is 1. The lowest BCUT2D eigenvalue weighted by Crippen LogP contribution is -2.32. The first-order chi connectivity index (χ1) is 15.3. The second-order valence-corrected chi connectivity index (χ2v) is 9.62. The first-order valence-electron chi connectivity index (χ1n) is 10.1. The Morgan fingerprint density at radius 1 is 1.09 bits per heavy atom. The average Bonchev–Trinajstić information content (AvgIpc) is 3.08. The van der Waals surface area contributed by atoms with Crippen LogP contribution in [0.25, 0.3) is 0 Å². The van der Waals surface area contributed by atoms with Crippen molar-refractivity contribution in [3.63, 3.8) is 0 Å². The molecule has 0 aliphatic carbocycles. The van der Waals surface area contributed by atoms with E-state index in [1.807, 2.05) is 6.07 Å². The van der Waals surface area contributed by atoms with Crippen LogP contribution in [-0.4, -0.2) is 44.3 Å². The number of hydrogen-bond donors (Lipinski definition) is 1. The van der Waals surface area contributed by atoms with Gasteiger partial charge in [0.15, 0.2) is 6.61 Å². The number of anilines is 1. The fourth-order valence-electron chi connectivity index (χ4n) is 3.31. The summed E-state index contributed by atoms with van der Waals surface area (Å²) in [5.41, 5.74) is 0.654. The molecular weight excluding hydrogens is 454 g/mol. The van der Waals surface area contributed by atoms with Crippen molar-refractivity contribution in [1.82, 2.24) is 4.31 Å². The summed E-state index contributed by atoms with van der Waals surface area (Å²) in [6.07, 6.45) is 3.60. The molecule has 3 rings (SSSR count). The number of benzene rings is 2. The maximum Gasteiger partial charge on any atom is 0.338 e. The van der Waals surface area contributed by atoms with Crippen LogP contribution in [0, 0.1) is 11.3 Å². The van der Waals surface area contributed by atoms with Crippen LogP contribution >= 0.6 is 11.6 Å². The third-order valence-corrected chi connectivity index (χ3v) is 7.19. The van der Waals surface area contributed by atoms with Crippen LogP contribution in [0.3, 0.4) is 0 Å². The minimum Gasteiger partial charge on any atom is -0.452 e. The zero-order valence-electron chi connectivity index (χ0n) is 17.2. The van der Waals surface area contributed by atoms with Crippen molar-refractivity contribution in [2.45, 2.75) is 30.6 Å². The van der Waals surface area contributed by atoms with Crippen molar-refractivity contribution in [3.8, 4) is 6.07 Å². The highest BCUT2D eigenvalue weighted by Gasteiger charge is 2.26. The van der Waals surface area contributed by atoms with Crippen molar-refractivity contribution >= 4 is 39.2 Å². The van der Waals surface area contributed by atoms with Crippen molar-refractivity contribution < 1.29 is 22.7 Å². The van der Waals surface area contributed by atoms with E-state index in [-0.39, 0.29) is 21.0 Å². The van der Waals surface area contributed by atoms with Gasteiger partial charge >= 0.3 is 5.97 Å². The summed E-state index contributed by atoms with van der Waals surface area (Å²) in [4.78, 5) is 24.5. The fourth-order valence-corrected chi connectivity index (χ4v) is 5.10. The van der Waals surface area contributed by atoms with Crippen molar-refractivity contribution in [2.24, 2.45) is 0 Å². The lowest BCUT2D eigenvalue weighted by molar-refractivity contribution is -0.119. The zero-order valence-corrected chi connectivity index (χ0v) is 18.8. The highest BCUT2D eigenvalue weighted by molar-refractivity contribution is 7.89. The molecule has 1 aliphatic rings. The second-order valence-electron chi connectivity index (χ2n) is 7.28. The number of carbonyl (C=O) groups excluding carboxylic acids is 2. The second kappa shape index (κ2) is 10.6. The smallest absolute Gasteiger partial charge is 0.338 e. The normalized spacial score (nSPS) is 14.8. The molecule has 10 heteroatoms. The van der Waals surface area contributed by atoms with Crippen LogP contribution in [-0.2, 0) is 19.6 Å². The monoisotopic (exact) mass is 475 g/mol. The molecule has 2 aromatic carbocycles. The summed E-state index contributed by atoms with van der Waals surface area (Å²) in [5.74, 6) is -1.42. The Labute approximate surface area is 191 Å². The first kappa shape index (κ1) is 23.7. The van der Waals surface area contributed by atoms with Gasteiger partial charge in [-0.15, -0.1) is 0 Å². The molecule has 1 amide bonds. The maximum absolute atomic E-state index is 12.9. The van der Waals surface area contributed by atoms with Gasteiger partial charge in [-0.1, -0.05) is 30.5 Å².